The van der Waals surface area contributed by atoms with E-state index >= 15 is 0 Å². The van der Waals surface area contributed by atoms with E-state index in [1.807, 2.05) is 19.2 Å². The van der Waals surface area contributed by atoms with E-state index < -0.39 is 0 Å². The summed E-state index contributed by atoms with van der Waals surface area (Å²) in [5.74, 6) is 0. The number of ether oxygens (including phenoxy) is 1. The summed E-state index contributed by atoms with van der Waals surface area (Å²) in [5.41, 5.74) is 12.8. The Morgan fingerprint density at radius 3 is 2.63 bits per heavy atom. The van der Waals surface area contributed by atoms with Crippen LogP contribution in [-0.4, -0.2) is 48.2 Å². The predicted octanol–water partition coefficient (Wildman–Crippen LogP) is 0.566. The average molecular weight is 266 g/mol. The summed E-state index contributed by atoms with van der Waals surface area (Å²) in [6, 6.07) is 0.411. The first-order chi connectivity index (χ1) is 9.11. The topological polar surface area (TPSA) is 84.8 Å². The van der Waals surface area contributed by atoms with Crippen LogP contribution in [-0.2, 0) is 4.74 Å². The number of piperidine rings is 1. The van der Waals surface area contributed by atoms with Crippen LogP contribution in [0, 0.1) is 0 Å². The Morgan fingerprint density at radius 1 is 1.37 bits per heavy atom. The van der Waals surface area contributed by atoms with Crippen molar-refractivity contribution in [1.82, 2.24) is 9.80 Å². The number of nitrogens with two attached hydrogens (primary N) is 2. The fourth-order valence-corrected chi connectivity index (χ4v) is 2.48. The van der Waals surface area contributed by atoms with Crippen molar-refractivity contribution in [1.29, 1.82) is 0 Å². The van der Waals surface area contributed by atoms with E-state index in [2.05, 4.69) is 4.90 Å². The second-order valence-corrected chi connectivity index (χ2v) is 4.86. The van der Waals surface area contributed by atoms with Crippen molar-refractivity contribution in [3.05, 3.63) is 23.7 Å². The molecule has 2 aliphatic rings. The molecule has 2 rings (SSSR count). The summed E-state index contributed by atoms with van der Waals surface area (Å²) in [6.45, 7) is 4.49. The molecule has 106 valence electrons. The zero-order valence-corrected chi connectivity index (χ0v) is 11.3. The van der Waals surface area contributed by atoms with E-state index in [1.54, 1.807) is 4.90 Å². The Labute approximate surface area is 113 Å². The number of rotatable bonds is 2. The highest BCUT2D eigenvalue weighted by molar-refractivity contribution is 5.67. The fourth-order valence-electron chi connectivity index (χ4n) is 2.48. The first kappa shape index (κ1) is 13.6. The maximum atomic E-state index is 11.6. The van der Waals surface area contributed by atoms with E-state index in [4.69, 9.17) is 16.2 Å². The van der Waals surface area contributed by atoms with Gasteiger partial charge in [0.1, 0.15) is 0 Å². The molecule has 1 amide bonds. The van der Waals surface area contributed by atoms with Crippen LogP contribution in [0.3, 0.4) is 0 Å². The minimum atomic E-state index is -0.209. The van der Waals surface area contributed by atoms with Gasteiger partial charge in [0, 0.05) is 31.9 Å². The number of carbonyl (C=O) groups is 1. The van der Waals surface area contributed by atoms with Crippen LogP contribution < -0.4 is 11.5 Å². The standard InChI is InChI=1S/C13H22N4O2/c1-2-19-13(18)16-6-3-10(4-7-16)17-8-5-11(14)12(15)9-17/h5,9-10H,2-4,6-8,14-15H2,1H3. The summed E-state index contributed by atoms with van der Waals surface area (Å²) in [5, 5.41) is 0. The Hall–Kier alpha value is -1.85. The molecule has 4 N–H and O–H groups in total. The number of carbonyl (C=O) groups excluding carboxylic acids is 1. The zero-order valence-electron chi connectivity index (χ0n) is 11.3. The van der Waals surface area contributed by atoms with Gasteiger partial charge in [0.05, 0.1) is 18.0 Å². The number of hydrogen-bond acceptors (Lipinski definition) is 5. The van der Waals surface area contributed by atoms with Gasteiger partial charge in [-0.15, -0.1) is 0 Å². The minimum Gasteiger partial charge on any atom is -0.450 e. The lowest BCUT2D eigenvalue weighted by molar-refractivity contribution is 0.0855. The molecule has 0 aromatic heterocycles. The minimum absolute atomic E-state index is 0.209. The monoisotopic (exact) mass is 266 g/mol. The summed E-state index contributed by atoms with van der Waals surface area (Å²) >= 11 is 0. The van der Waals surface area contributed by atoms with Crippen LogP contribution in [0.5, 0.6) is 0 Å². The zero-order chi connectivity index (χ0) is 13.8. The van der Waals surface area contributed by atoms with Crippen LogP contribution in [0.4, 0.5) is 4.79 Å². The molecule has 1 saturated heterocycles. The molecule has 6 nitrogen and oxygen atoms in total. The Kier molecular flexibility index (Phi) is 4.19. The molecule has 0 saturated carbocycles. The summed E-state index contributed by atoms with van der Waals surface area (Å²) in [4.78, 5) is 15.6. The van der Waals surface area contributed by atoms with Crippen LogP contribution in [0.15, 0.2) is 23.7 Å². The second-order valence-electron chi connectivity index (χ2n) is 4.86. The van der Waals surface area contributed by atoms with E-state index in [1.165, 1.54) is 0 Å². The molecule has 0 spiro atoms. The van der Waals surface area contributed by atoms with Crippen molar-refractivity contribution in [3.63, 3.8) is 0 Å². The molecule has 0 unspecified atom stereocenters. The van der Waals surface area contributed by atoms with Crippen molar-refractivity contribution in [2.75, 3.05) is 26.2 Å². The van der Waals surface area contributed by atoms with E-state index in [-0.39, 0.29) is 6.09 Å². The van der Waals surface area contributed by atoms with Gasteiger partial charge in [-0.05, 0) is 25.8 Å². The van der Waals surface area contributed by atoms with Crippen LogP contribution in [0.25, 0.3) is 0 Å². The Balaban J connectivity index is 1.86. The van der Waals surface area contributed by atoms with Gasteiger partial charge in [-0.1, -0.05) is 0 Å². The maximum absolute atomic E-state index is 11.6. The molecule has 6 heteroatoms. The largest absolute Gasteiger partial charge is 0.450 e. The van der Waals surface area contributed by atoms with E-state index in [0.29, 0.717) is 24.0 Å². The number of amides is 1. The van der Waals surface area contributed by atoms with Gasteiger partial charge in [-0.3, -0.25) is 0 Å². The number of nitrogens with zero attached hydrogens (tertiary/aromatic N) is 2. The lowest BCUT2D eigenvalue weighted by Gasteiger charge is -2.38. The normalized spacial score (nSPS) is 20.9. The predicted molar refractivity (Wildman–Crippen MR) is 72.9 cm³/mol. The van der Waals surface area contributed by atoms with Gasteiger partial charge in [-0.25, -0.2) is 4.79 Å². The summed E-state index contributed by atoms with van der Waals surface area (Å²) < 4.78 is 5.01. The first-order valence-corrected chi connectivity index (χ1v) is 6.72. The Morgan fingerprint density at radius 2 is 2.05 bits per heavy atom. The van der Waals surface area contributed by atoms with Crippen LogP contribution in [0.1, 0.15) is 19.8 Å². The Bertz CT molecular complexity index is 397. The summed E-state index contributed by atoms with van der Waals surface area (Å²) in [6.07, 6.45) is 5.50. The van der Waals surface area contributed by atoms with Crippen molar-refractivity contribution in [2.24, 2.45) is 11.5 Å². The number of hydrogen-bond donors (Lipinski definition) is 2. The molecule has 0 radical (unpaired) electrons. The summed E-state index contributed by atoms with van der Waals surface area (Å²) in [7, 11) is 0. The quantitative estimate of drug-likeness (QED) is 0.763. The van der Waals surface area contributed by atoms with Gasteiger partial charge in [0.15, 0.2) is 0 Å². The lowest BCUT2D eigenvalue weighted by atomic mass is 10.0. The molecule has 19 heavy (non-hydrogen) atoms. The molecule has 0 atom stereocenters. The lowest BCUT2D eigenvalue weighted by Crippen LogP contribution is -2.46. The molecule has 0 aromatic carbocycles. The molecule has 0 aromatic rings. The van der Waals surface area contributed by atoms with Crippen molar-refractivity contribution in [3.8, 4) is 0 Å². The number of likely N-dealkylation sites (tertiary alicyclic amines) is 1. The third kappa shape index (κ3) is 3.13. The van der Waals surface area contributed by atoms with Crippen molar-refractivity contribution < 1.29 is 9.53 Å². The van der Waals surface area contributed by atoms with E-state index in [0.717, 1.165) is 32.5 Å². The van der Waals surface area contributed by atoms with Crippen molar-refractivity contribution in [2.45, 2.75) is 25.8 Å². The highest BCUT2D eigenvalue weighted by atomic mass is 16.6. The van der Waals surface area contributed by atoms with Gasteiger partial charge >= 0.3 is 6.09 Å². The first-order valence-electron chi connectivity index (χ1n) is 6.72. The highest BCUT2D eigenvalue weighted by Crippen LogP contribution is 2.20. The molecule has 2 aliphatic heterocycles. The SMILES string of the molecule is CCOC(=O)N1CCC(N2C=C(N)C(N)=CC2)CC1. The van der Waals surface area contributed by atoms with E-state index in [9.17, 15) is 4.79 Å². The molecular formula is C13H22N4O2. The van der Waals surface area contributed by atoms with Gasteiger partial charge in [0.2, 0.25) is 0 Å². The third-order valence-electron chi connectivity index (χ3n) is 3.62. The highest BCUT2D eigenvalue weighted by Gasteiger charge is 2.27. The molecule has 2 heterocycles. The van der Waals surface area contributed by atoms with Crippen LogP contribution in [0.2, 0.25) is 0 Å². The second kappa shape index (κ2) is 5.86. The van der Waals surface area contributed by atoms with Gasteiger partial charge in [-0.2, -0.15) is 0 Å². The molecule has 0 bridgehead atoms. The van der Waals surface area contributed by atoms with Crippen LogP contribution >= 0.6 is 0 Å². The smallest absolute Gasteiger partial charge is 0.409 e. The van der Waals surface area contributed by atoms with Gasteiger partial charge in [0.25, 0.3) is 0 Å². The molecule has 1 fully saturated rings. The van der Waals surface area contributed by atoms with Crippen molar-refractivity contribution >= 4 is 6.09 Å². The third-order valence-corrected chi connectivity index (χ3v) is 3.62. The molecule has 0 aliphatic carbocycles. The maximum Gasteiger partial charge on any atom is 0.409 e. The molecular weight excluding hydrogens is 244 g/mol. The van der Waals surface area contributed by atoms with Gasteiger partial charge < -0.3 is 26.0 Å². The fraction of sp³-hybridized carbons (Fsp3) is 0.615. The average Bonchev–Trinajstić information content (AvgIpc) is 2.42.